The third-order valence-corrected chi connectivity index (χ3v) is 3.94. The first-order valence-electron chi connectivity index (χ1n) is 8.02. The molecular formula is C18H23NO6. The van der Waals surface area contributed by atoms with Gasteiger partial charge in [-0.25, -0.2) is 4.79 Å². The smallest absolute Gasteiger partial charge is 0.338 e. The summed E-state index contributed by atoms with van der Waals surface area (Å²) in [6, 6.07) is 8.58. The van der Waals surface area contributed by atoms with E-state index >= 15 is 0 Å². The van der Waals surface area contributed by atoms with E-state index in [2.05, 4.69) is 0 Å². The molecule has 1 aromatic carbocycles. The maximum atomic E-state index is 13.0. The van der Waals surface area contributed by atoms with Gasteiger partial charge in [-0.3, -0.25) is 4.79 Å². The fourth-order valence-electron chi connectivity index (χ4n) is 2.67. The van der Waals surface area contributed by atoms with Crippen molar-refractivity contribution < 1.29 is 28.6 Å². The van der Waals surface area contributed by atoms with Crippen LogP contribution in [0.2, 0.25) is 0 Å². The average molecular weight is 349 g/mol. The van der Waals surface area contributed by atoms with Gasteiger partial charge in [0.15, 0.2) is 18.0 Å². The van der Waals surface area contributed by atoms with E-state index in [1.165, 1.54) is 12.0 Å². The number of nitrogens with zero attached hydrogens (tertiary/aromatic N) is 1. The summed E-state index contributed by atoms with van der Waals surface area (Å²) in [5.74, 6) is -2.30. The maximum Gasteiger partial charge on any atom is 0.338 e. The molecule has 0 spiro atoms. The van der Waals surface area contributed by atoms with E-state index in [0.717, 1.165) is 5.56 Å². The van der Waals surface area contributed by atoms with E-state index in [-0.39, 0.29) is 6.54 Å². The minimum atomic E-state index is -1.18. The van der Waals surface area contributed by atoms with Crippen LogP contribution < -0.4 is 0 Å². The Bertz CT molecular complexity index is 630. The monoisotopic (exact) mass is 349 g/mol. The van der Waals surface area contributed by atoms with E-state index in [4.69, 9.17) is 14.2 Å². The van der Waals surface area contributed by atoms with Gasteiger partial charge in [-0.2, -0.15) is 0 Å². The minimum Gasteiger partial charge on any atom is -0.467 e. The molecule has 0 unspecified atom stereocenters. The molecule has 136 valence electrons. The Labute approximate surface area is 146 Å². The van der Waals surface area contributed by atoms with Crippen LogP contribution in [-0.2, 0) is 35.1 Å². The third kappa shape index (κ3) is 4.43. The predicted molar refractivity (Wildman–Crippen MR) is 88.4 cm³/mol. The summed E-state index contributed by atoms with van der Waals surface area (Å²) in [6.07, 6.45) is -1.67. The normalized spacial score (nSPS) is 22.9. The van der Waals surface area contributed by atoms with Crippen molar-refractivity contribution in [2.75, 3.05) is 7.11 Å². The molecule has 1 heterocycles. The highest BCUT2D eigenvalue weighted by Crippen LogP contribution is 2.30. The van der Waals surface area contributed by atoms with Gasteiger partial charge in [0, 0.05) is 6.54 Å². The molecule has 7 heteroatoms. The molecule has 1 aliphatic rings. The molecule has 1 fully saturated rings. The Morgan fingerprint density at radius 1 is 1.24 bits per heavy atom. The van der Waals surface area contributed by atoms with Crippen molar-refractivity contribution in [3.63, 3.8) is 0 Å². The van der Waals surface area contributed by atoms with Crippen molar-refractivity contribution >= 4 is 18.2 Å². The summed E-state index contributed by atoms with van der Waals surface area (Å²) in [7, 11) is 1.22. The first-order chi connectivity index (χ1) is 11.8. The first kappa shape index (κ1) is 19.1. The van der Waals surface area contributed by atoms with Crippen LogP contribution >= 0.6 is 0 Å². The Morgan fingerprint density at radius 2 is 1.84 bits per heavy atom. The van der Waals surface area contributed by atoms with E-state index < -0.39 is 35.9 Å². The Balaban J connectivity index is 2.28. The molecule has 0 aromatic heterocycles. The number of aldehydes is 1. The van der Waals surface area contributed by atoms with Gasteiger partial charge in [0.05, 0.1) is 13.2 Å². The van der Waals surface area contributed by atoms with E-state index in [9.17, 15) is 14.4 Å². The highest BCUT2D eigenvalue weighted by atomic mass is 16.8. The zero-order valence-corrected chi connectivity index (χ0v) is 14.8. The molecule has 7 nitrogen and oxygen atoms in total. The van der Waals surface area contributed by atoms with Crippen LogP contribution in [0.25, 0.3) is 0 Å². The zero-order chi connectivity index (χ0) is 18.6. The lowest BCUT2D eigenvalue weighted by molar-refractivity contribution is -0.169. The molecule has 1 aliphatic heterocycles. The number of benzene rings is 1. The van der Waals surface area contributed by atoms with Crippen LogP contribution in [0, 0.1) is 0 Å². The lowest BCUT2D eigenvalue weighted by Crippen LogP contribution is -2.49. The largest absolute Gasteiger partial charge is 0.467 e. The van der Waals surface area contributed by atoms with Crippen molar-refractivity contribution in [2.24, 2.45) is 0 Å². The molecule has 0 aliphatic carbocycles. The van der Waals surface area contributed by atoms with Crippen LogP contribution in [0.3, 0.4) is 0 Å². The van der Waals surface area contributed by atoms with Crippen molar-refractivity contribution in [3.05, 3.63) is 35.9 Å². The molecule has 3 atom stereocenters. The van der Waals surface area contributed by atoms with Gasteiger partial charge >= 0.3 is 5.97 Å². The Hall–Kier alpha value is -2.25. The summed E-state index contributed by atoms with van der Waals surface area (Å²) in [6.45, 7) is 5.05. The number of hydrogen-bond acceptors (Lipinski definition) is 6. The first-order valence-corrected chi connectivity index (χ1v) is 8.02. The quantitative estimate of drug-likeness (QED) is 0.569. The van der Waals surface area contributed by atoms with Crippen LogP contribution in [-0.4, -0.2) is 54.2 Å². The molecule has 2 rings (SSSR count). The number of carbonyl (C=O) groups excluding carboxylic acids is 3. The SMILES string of the molecule is COC(=O)[C@@H]1OC(C)(C)O[C@H]1C(=O)N(Cc1ccccc1)[C@@H](C)C=O. The topological polar surface area (TPSA) is 82.1 Å². The van der Waals surface area contributed by atoms with Gasteiger partial charge in [-0.05, 0) is 26.3 Å². The molecule has 1 aromatic rings. The average Bonchev–Trinajstić information content (AvgIpc) is 2.94. The van der Waals surface area contributed by atoms with Gasteiger partial charge in [0.25, 0.3) is 5.91 Å². The molecule has 0 radical (unpaired) electrons. The number of ether oxygens (including phenoxy) is 3. The van der Waals surface area contributed by atoms with Gasteiger partial charge in [0.2, 0.25) is 0 Å². The highest BCUT2D eigenvalue weighted by molar-refractivity contribution is 5.90. The van der Waals surface area contributed by atoms with Gasteiger partial charge in [0.1, 0.15) is 6.29 Å². The molecule has 1 amide bonds. The number of methoxy groups -OCH3 is 1. The van der Waals surface area contributed by atoms with Crippen LogP contribution in [0.15, 0.2) is 30.3 Å². The molecule has 0 saturated carbocycles. The second kappa shape index (κ2) is 7.76. The Kier molecular flexibility index (Phi) is 5.92. The fraction of sp³-hybridized carbons (Fsp3) is 0.500. The minimum absolute atomic E-state index is 0.216. The van der Waals surface area contributed by atoms with Crippen molar-refractivity contribution in [2.45, 2.75) is 51.4 Å². The van der Waals surface area contributed by atoms with E-state index in [1.807, 2.05) is 30.3 Å². The molecule has 25 heavy (non-hydrogen) atoms. The number of esters is 1. The second-order valence-corrected chi connectivity index (χ2v) is 6.33. The van der Waals surface area contributed by atoms with Crippen molar-refractivity contribution in [3.8, 4) is 0 Å². The third-order valence-electron chi connectivity index (χ3n) is 3.94. The van der Waals surface area contributed by atoms with Crippen LogP contribution in [0.4, 0.5) is 0 Å². The summed E-state index contributed by atoms with van der Waals surface area (Å²) in [5.41, 5.74) is 0.859. The number of rotatable bonds is 6. The second-order valence-electron chi connectivity index (χ2n) is 6.33. The van der Waals surface area contributed by atoms with Gasteiger partial charge in [-0.1, -0.05) is 30.3 Å². The molecule has 0 bridgehead atoms. The maximum absolute atomic E-state index is 13.0. The predicted octanol–water partition coefficient (Wildman–Crippen LogP) is 1.30. The highest BCUT2D eigenvalue weighted by Gasteiger charge is 2.51. The van der Waals surface area contributed by atoms with Crippen molar-refractivity contribution in [1.29, 1.82) is 0 Å². The van der Waals surface area contributed by atoms with Gasteiger partial charge in [-0.15, -0.1) is 0 Å². The number of amides is 1. The molecule has 0 N–H and O–H groups in total. The summed E-state index contributed by atoms with van der Waals surface area (Å²) in [4.78, 5) is 37.7. The fourth-order valence-corrected chi connectivity index (χ4v) is 2.67. The van der Waals surface area contributed by atoms with E-state index in [0.29, 0.717) is 6.29 Å². The summed E-state index contributed by atoms with van der Waals surface area (Å²) in [5, 5.41) is 0. The Morgan fingerprint density at radius 3 is 2.40 bits per heavy atom. The lowest BCUT2D eigenvalue weighted by Gasteiger charge is -2.29. The standard InChI is InChI=1S/C18H23NO6/c1-12(11-20)19(10-13-8-6-5-7-9-13)16(21)14-15(17(22)23-4)25-18(2,3)24-14/h5-9,11-12,14-15H,10H2,1-4H3/t12-,14+,15+/m0/s1. The van der Waals surface area contributed by atoms with E-state index in [1.54, 1.807) is 20.8 Å². The summed E-state index contributed by atoms with van der Waals surface area (Å²) >= 11 is 0. The van der Waals surface area contributed by atoms with Gasteiger partial charge < -0.3 is 23.9 Å². The van der Waals surface area contributed by atoms with Crippen molar-refractivity contribution in [1.82, 2.24) is 4.90 Å². The molecular weight excluding hydrogens is 326 g/mol. The summed E-state index contributed by atoms with van der Waals surface area (Å²) < 4.78 is 15.9. The number of hydrogen-bond donors (Lipinski definition) is 0. The lowest BCUT2D eigenvalue weighted by atomic mass is 10.1. The van der Waals surface area contributed by atoms with Crippen LogP contribution in [0.1, 0.15) is 26.3 Å². The molecule has 1 saturated heterocycles. The van der Waals surface area contributed by atoms with Crippen LogP contribution in [0.5, 0.6) is 0 Å². The number of carbonyl (C=O) groups is 3. The zero-order valence-electron chi connectivity index (χ0n) is 14.8.